The number of anilines is 1. The van der Waals surface area contributed by atoms with Gasteiger partial charge >= 0.3 is 0 Å². The third-order valence-corrected chi connectivity index (χ3v) is 2.81. The van der Waals surface area contributed by atoms with E-state index in [1.54, 1.807) is 0 Å². The zero-order valence-electron chi connectivity index (χ0n) is 8.97. The van der Waals surface area contributed by atoms with Gasteiger partial charge in [-0.15, -0.1) is 11.6 Å². The molecule has 0 spiro atoms. The lowest BCUT2D eigenvalue weighted by Crippen LogP contribution is -2.17. The predicted molar refractivity (Wildman–Crippen MR) is 62.4 cm³/mol. The van der Waals surface area contributed by atoms with Crippen LogP contribution >= 0.6 is 23.1 Å². The van der Waals surface area contributed by atoms with E-state index in [1.807, 2.05) is 6.92 Å². The second-order valence-corrected chi connectivity index (χ2v) is 5.43. The molecule has 14 heavy (non-hydrogen) atoms. The number of halogens is 1. The second kappa shape index (κ2) is 4.45. The number of alkyl halides is 1. The predicted octanol–water partition coefficient (Wildman–Crippen LogP) is 2.87. The quantitative estimate of drug-likeness (QED) is 0.816. The highest BCUT2D eigenvalue weighted by Crippen LogP contribution is 2.23. The highest BCUT2D eigenvalue weighted by atomic mass is 35.5. The van der Waals surface area contributed by atoms with Gasteiger partial charge in [0.05, 0.1) is 0 Å². The molecule has 1 heterocycles. The van der Waals surface area contributed by atoms with Crippen LogP contribution in [0, 0.1) is 0 Å². The van der Waals surface area contributed by atoms with Gasteiger partial charge in [0.2, 0.25) is 5.13 Å². The Morgan fingerprint density at radius 1 is 1.50 bits per heavy atom. The van der Waals surface area contributed by atoms with Crippen molar-refractivity contribution >= 4 is 28.3 Å². The highest BCUT2D eigenvalue weighted by molar-refractivity contribution is 7.09. The van der Waals surface area contributed by atoms with Crippen molar-refractivity contribution in [2.24, 2.45) is 0 Å². The number of aromatic nitrogens is 2. The summed E-state index contributed by atoms with van der Waals surface area (Å²) in [6.07, 6.45) is 0. The molecule has 0 amide bonds. The number of hydrogen-bond donors (Lipinski definition) is 1. The fourth-order valence-corrected chi connectivity index (χ4v) is 1.78. The van der Waals surface area contributed by atoms with Crippen LogP contribution in [0.2, 0.25) is 0 Å². The third kappa shape index (κ3) is 3.10. The van der Waals surface area contributed by atoms with Gasteiger partial charge in [-0.05, 0) is 6.92 Å². The molecule has 1 unspecified atom stereocenters. The minimum Gasteiger partial charge on any atom is -0.357 e. The summed E-state index contributed by atoms with van der Waals surface area (Å²) in [6, 6.07) is 0.234. The SMILES string of the molecule is CC(CCl)Nc1nc(C(C)(C)C)ns1. The Labute approximate surface area is 94.1 Å². The molecule has 1 rings (SSSR count). The topological polar surface area (TPSA) is 37.8 Å². The first-order valence-corrected chi connectivity index (χ1v) is 5.91. The molecule has 0 aliphatic carbocycles. The smallest absolute Gasteiger partial charge is 0.202 e. The second-order valence-electron chi connectivity index (χ2n) is 4.37. The van der Waals surface area contributed by atoms with E-state index >= 15 is 0 Å². The number of hydrogen-bond acceptors (Lipinski definition) is 4. The van der Waals surface area contributed by atoms with Crippen molar-refractivity contribution in [3.63, 3.8) is 0 Å². The van der Waals surface area contributed by atoms with E-state index in [0.29, 0.717) is 5.88 Å². The number of nitrogens with zero attached hydrogens (tertiary/aromatic N) is 2. The number of nitrogens with one attached hydrogen (secondary N) is 1. The summed E-state index contributed by atoms with van der Waals surface area (Å²) < 4.78 is 4.30. The van der Waals surface area contributed by atoms with Crippen molar-refractivity contribution in [3.05, 3.63) is 5.82 Å². The minimum atomic E-state index is 0.0145. The summed E-state index contributed by atoms with van der Waals surface area (Å²) >= 11 is 7.08. The molecule has 1 aromatic rings. The van der Waals surface area contributed by atoms with Gasteiger partial charge in [0.15, 0.2) is 0 Å². The van der Waals surface area contributed by atoms with Crippen LogP contribution < -0.4 is 5.32 Å². The highest BCUT2D eigenvalue weighted by Gasteiger charge is 2.19. The van der Waals surface area contributed by atoms with E-state index < -0.39 is 0 Å². The minimum absolute atomic E-state index is 0.0145. The summed E-state index contributed by atoms with van der Waals surface area (Å²) in [6.45, 7) is 8.32. The van der Waals surface area contributed by atoms with Crippen LogP contribution in [0.15, 0.2) is 0 Å². The van der Waals surface area contributed by atoms with Gasteiger partial charge in [0.25, 0.3) is 0 Å². The molecule has 1 atom stereocenters. The molecule has 0 radical (unpaired) electrons. The Kier molecular flexibility index (Phi) is 3.72. The molecule has 0 aromatic carbocycles. The maximum Gasteiger partial charge on any atom is 0.202 e. The molecule has 1 aromatic heterocycles. The molecule has 0 saturated heterocycles. The van der Waals surface area contributed by atoms with Crippen LogP contribution in [0.3, 0.4) is 0 Å². The van der Waals surface area contributed by atoms with Gasteiger partial charge in [-0.1, -0.05) is 20.8 Å². The van der Waals surface area contributed by atoms with Crippen molar-refractivity contribution in [1.29, 1.82) is 0 Å². The van der Waals surface area contributed by atoms with Crippen LogP contribution in [0.1, 0.15) is 33.5 Å². The molecule has 0 bridgehead atoms. The molecular formula is C9H16ClN3S. The van der Waals surface area contributed by atoms with Gasteiger partial charge in [-0.3, -0.25) is 0 Å². The van der Waals surface area contributed by atoms with Crippen LogP contribution in [0.5, 0.6) is 0 Å². The van der Waals surface area contributed by atoms with E-state index in [4.69, 9.17) is 11.6 Å². The molecule has 0 saturated carbocycles. The largest absolute Gasteiger partial charge is 0.357 e. The lowest BCUT2D eigenvalue weighted by Gasteiger charge is -2.12. The molecule has 80 valence electrons. The van der Waals surface area contributed by atoms with Crippen molar-refractivity contribution in [2.45, 2.75) is 39.2 Å². The molecule has 0 aliphatic rings. The van der Waals surface area contributed by atoms with Crippen LogP contribution in [0.25, 0.3) is 0 Å². The van der Waals surface area contributed by atoms with E-state index in [9.17, 15) is 0 Å². The van der Waals surface area contributed by atoms with E-state index in [-0.39, 0.29) is 11.5 Å². The lowest BCUT2D eigenvalue weighted by atomic mass is 9.96. The van der Waals surface area contributed by atoms with Crippen LogP contribution in [0.4, 0.5) is 5.13 Å². The van der Waals surface area contributed by atoms with Gasteiger partial charge in [0, 0.05) is 28.9 Å². The van der Waals surface area contributed by atoms with E-state index in [0.717, 1.165) is 11.0 Å². The zero-order chi connectivity index (χ0) is 10.8. The van der Waals surface area contributed by atoms with Crippen molar-refractivity contribution in [3.8, 4) is 0 Å². The summed E-state index contributed by atoms with van der Waals surface area (Å²) in [7, 11) is 0. The monoisotopic (exact) mass is 233 g/mol. The molecule has 0 aliphatic heterocycles. The normalized spacial score (nSPS) is 14.1. The molecule has 0 fully saturated rings. The first-order valence-electron chi connectivity index (χ1n) is 4.60. The average molecular weight is 234 g/mol. The van der Waals surface area contributed by atoms with Crippen LogP contribution in [-0.4, -0.2) is 21.3 Å². The Morgan fingerprint density at radius 2 is 2.14 bits per heavy atom. The standard InChI is InChI=1S/C9H16ClN3S/c1-6(5-10)11-8-12-7(13-14-8)9(2,3)4/h6H,5H2,1-4H3,(H,11,12,13). The van der Waals surface area contributed by atoms with Gasteiger partial charge in [0.1, 0.15) is 5.82 Å². The van der Waals surface area contributed by atoms with Crippen molar-refractivity contribution in [1.82, 2.24) is 9.36 Å². The first-order chi connectivity index (χ1) is 6.43. The van der Waals surface area contributed by atoms with Gasteiger partial charge in [-0.2, -0.15) is 4.37 Å². The average Bonchev–Trinajstić information content (AvgIpc) is 2.51. The zero-order valence-corrected chi connectivity index (χ0v) is 10.5. The van der Waals surface area contributed by atoms with Gasteiger partial charge in [-0.25, -0.2) is 4.98 Å². The summed E-state index contributed by atoms with van der Waals surface area (Å²) in [4.78, 5) is 4.41. The maximum atomic E-state index is 5.69. The summed E-state index contributed by atoms with van der Waals surface area (Å²) in [5.74, 6) is 1.46. The fraction of sp³-hybridized carbons (Fsp3) is 0.778. The van der Waals surface area contributed by atoms with Crippen LogP contribution in [-0.2, 0) is 5.41 Å². The Hall–Kier alpha value is -0.350. The summed E-state index contributed by atoms with van der Waals surface area (Å²) in [5.41, 5.74) is 0.0145. The molecular weight excluding hydrogens is 218 g/mol. The Morgan fingerprint density at radius 3 is 2.57 bits per heavy atom. The first kappa shape index (κ1) is 11.7. The lowest BCUT2D eigenvalue weighted by molar-refractivity contribution is 0.555. The van der Waals surface area contributed by atoms with E-state index in [2.05, 4.69) is 35.4 Å². The Balaban J connectivity index is 2.69. The maximum absolute atomic E-state index is 5.69. The van der Waals surface area contributed by atoms with E-state index in [1.165, 1.54) is 11.5 Å². The third-order valence-electron chi connectivity index (χ3n) is 1.70. The van der Waals surface area contributed by atoms with Crippen molar-refractivity contribution < 1.29 is 0 Å². The van der Waals surface area contributed by atoms with Crippen molar-refractivity contribution in [2.75, 3.05) is 11.2 Å². The number of rotatable bonds is 3. The molecule has 5 heteroatoms. The Bertz CT molecular complexity index is 292. The molecule has 3 nitrogen and oxygen atoms in total. The summed E-state index contributed by atoms with van der Waals surface area (Å²) in [5, 5.41) is 4.05. The van der Waals surface area contributed by atoms with Gasteiger partial charge < -0.3 is 5.32 Å². The fourth-order valence-electron chi connectivity index (χ4n) is 0.836. The molecule has 1 N–H and O–H groups in total.